The van der Waals surface area contributed by atoms with E-state index < -0.39 is 5.60 Å². The van der Waals surface area contributed by atoms with Gasteiger partial charge in [0, 0.05) is 18.0 Å². The molecule has 1 N–H and O–H groups in total. The highest BCUT2D eigenvalue weighted by Crippen LogP contribution is 2.36. The molecule has 0 spiro atoms. The first kappa shape index (κ1) is 14.1. The van der Waals surface area contributed by atoms with E-state index in [2.05, 4.69) is 11.4 Å². The molecule has 1 aliphatic carbocycles. The van der Waals surface area contributed by atoms with Gasteiger partial charge in [0.1, 0.15) is 0 Å². The molecule has 1 aromatic heterocycles. The molecular formula is C16H23NO2S. The van der Waals surface area contributed by atoms with Crippen LogP contribution in [-0.4, -0.2) is 34.6 Å². The lowest BCUT2D eigenvalue weighted by molar-refractivity contribution is -0.133. The molecule has 2 heterocycles. The van der Waals surface area contributed by atoms with Crippen molar-refractivity contribution in [2.24, 2.45) is 0 Å². The molecule has 3 rings (SSSR count). The van der Waals surface area contributed by atoms with Crippen molar-refractivity contribution in [1.82, 2.24) is 4.90 Å². The van der Waals surface area contributed by atoms with Gasteiger partial charge in [0.2, 0.25) is 5.91 Å². The normalized spacial score (nSPS) is 30.7. The first-order valence-electron chi connectivity index (χ1n) is 7.64. The van der Waals surface area contributed by atoms with E-state index in [1.54, 1.807) is 11.3 Å². The van der Waals surface area contributed by atoms with E-state index in [-0.39, 0.29) is 11.8 Å². The van der Waals surface area contributed by atoms with E-state index in [9.17, 15) is 9.90 Å². The molecule has 0 aromatic carbocycles. The minimum atomic E-state index is -0.602. The maximum atomic E-state index is 12.8. The Bertz CT molecular complexity index is 494. The van der Waals surface area contributed by atoms with Crippen molar-refractivity contribution in [3.8, 4) is 0 Å². The molecule has 0 saturated carbocycles. The van der Waals surface area contributed by atoms with Crippen molar-refractivity contribution in [2.75, 3.05) is 13.1 Å². The predicted molar refractivity (Wildman–Crippen MR) is 81.1 cm³/mol. The molecule has 2 aliphatic rings. The van der Waals surface area contributed by atoms with E-state index in [1.165, 1.54) is 10.4 Å². The lowest BCUT2D eigenvalue weighted by Crippen LogP contribution is -2.37. The summed E-state index contributed by atoms with van der Waals surface area (Å²) in [5.41, 5.74) is 0.664. The number of hydrogen-bond acceptors (Lipinski definition) is 3. The molecule has 1 fully saturated rings. The van der Waals surface area contributed by atoms with Crippen LogP contribution < -0.4 is 0 Å². The second-order valence-corrected chi connectivity index (χ2v) is 7.42. The lowest BCUT2D eigenvalue weighted by Gasteiger charge is -2.29. The number of aryl methyl sites for hydroxylation is 1. The van der Waals surface area contributed by atoms with Gasteiger partial charge in [0.05, 0.1) is 11.5 Å². The third-order valence-electron chi connectivity index (χ3n) is 4.73. The van der Waals surface area contributed by atoms with Gasteiger partial charge in [0.25, 0.3) is 0 Å². The monoisotopic (exact) mass is 293 g/mol. The maximum absolute atomic E-state index is 12.8. The predicted octanol–water partition coefficient (Wildman–Crippen LogP) is 2.93. The standard InChI is InChI=1S/C16H23NO2S/c1-16(19)7-3-9-17(10-8-16)15(18)13-4-2-5-14-12(13)6-11-20-14/h6,11,13,19H,2-5,7-10H2,1H3. The first-order valence-corrected chi connectivity index (χ1v) is 8.52. The molecule has 20 heavy (non-hydrogen) atoms. The summed E-state index contributed by atoms with van der Waals surface area (Å²) in [6.45, 7) is 3.38. The van der Waals surface area contributed by atoms with Crippen LogP contribution in [-0.2, 0) is 11.2 Å². The topological polar surface area (TPSA) is 40.5 Å². The highest BCUT2D eigenvalue weighted by Gasteiger charge is 2.33. The summed E-state index contributed by atoms with van der Waals surface area (Å²) in [7, 11) is 0. The van der Waals surface area contributed by atoms with Crippen molar-refractivity contribution >= 4 is 17.2 Å². The van der Waals surface area contributed by atoms with Crippen molar-refractivity contribution < 1.29 is 9.90 Å². The number of thiophene rings is 1. The number of carbonyl (C=O) groups is 1. The Morgan fingerprint density at radius 2 is 2.25 bits per heavy atom. The zero-order chi connectivity index (χ0) is 14.2. The number of aliphatic hydroxyl groups is 1. The molecule has 2 unspecified atom stereocenters. The highest BCUT2D eigenvalue weighted by molar-refractivity contribution is 7.10. The van der Waals surface area contributed by atoms with E-state index in [0.717, 1.165) is 38.6 Å². The summed E-state index contributed by atoms with van der Waals surface area (Å²) in [6.07, 6.45) is 5.63. The van der Waals surface area contributed by atoms with Crippen molar-refractivity contribution in [1.29, 1.82) is 0 Å². The fraction of sp³-hybridized carbons (Fsp3) is 0.688. The molecule has 110 valence electrons. The van der Waals surface area contributed by atoms with Gasteiger partial charge in [-0.3, -0.25) is 4.79 Å². The summed E-state index contributed by atoms with van der Waals surface area (Å²) in [6, 6.07) is 2.13. The summed E-state index contributed by atoms with van der Waals surface area (Å²) in [5, 5.41) is 12.3. The number of fused-ring (bicyclic) bond motifs is 1. The zero-order valence-corrected chi connectivity index (χ0v) is 12.9. The Morgan fingerprint density at radius 3 is 3.10 bits per heavy atom. The van der Waals surface area contributed by atoms with Crippen LogP contribution in [0.1, 0.15) is 55.4 Å². The third kappa shape index (κ3) is 2.77. The average Bonchev–Trinajstić information content (AvgIpc) is 2.82. The van der Waals surface area contributed by atoms with Crippen molar-refractivity contribution in [2.45, 2.75) is 57.0 Å². The SMILES string of the molecule is CC1(O)CCCN(C(=O)C2CCCc3sccc32)CC1. The van der Waals surface area contributed by atoms with E-state index >= 15 is 0 Å². The number of likely N-dealkylation sites (tertiary alicyclic amines) is 1. The fourth-order valence-corrected chi connectivity index (χ4v) is 4.43. The second kappa shape index (κ2) is 5.49. The van der Waals surface area contributed by atoms with E-state index in [4.69, 9.17) is 0 Å². The van der Waals surface area contributed by atoms with Crippen LogP contribution in [0.4, 0.5) is 0 Å². The van der Waals surface area contributed by atoms with Gasteiger partial charge in [-0.25, -0.2) is 0 Å². The van der Waals surface area contributed by atoms with Crippen LogP contribution in [0.25, 0.3) is 0 Å². The Labute approximate surface area is 124 Å². The Kier molecular flexibility index (Phi) is 3.87. The van der Waals surface area contributed by atoms with Crippen LogP contribution in [0.3, 0.4) is 0 Å². The van der Waals surface area contributed by atoms with Crippen molar-refractivity contribution in [3.05, 3.63) is 21.9 Å². The average molecular weight is 293 g/mol. The van der Waals surface area contributed by atoms with Crippen LogP contribution in [0.2, 0.25) is 0 Å². The van der Waals surface area contributed by atoms with Gasteiger partial charge >= 0.3 is 0 Å². The van der Waals surface area contributed by atoms with Crippen molar-refractivity contribution in [3.63, 3.8) is 0 Å². The lowest BCUT2D eigenvalue weighted by atomic mass is 9.86. The van der Waals surface area contributed by atoms with Gasteiger partial charge in [-0.1, -0.05) is 0 Å². The molecule has 3 nitrogen and oxygen atoms in total. The van der Waals surface area contributed by atoms with Gasteiger partial charge < -0.3 is 10.0 Å². The van der Waals surface area contributed by atoms with Crippen LogP contribution in [0, 0.1) is 0 Å². The summed E-state index contributed by atoms with van der Waals surface area (Å²) >= 11 is 1.79. The number of nitrogens with zero attached hydrogens (tertiary/aromatic N) is 1. The molecule has 1 amide bonds. The minimum Gasteiger partial charge on any atom is -0.390 e. The third-order valence-corrected chi connectivity index (χ3v) is 5.72. The van der Waals surface area contributed by atoms with Gasteiger partial charge in [0.15, 0.2) is 0 Å². The molecule has 4 heteroatoms. The Hall–Kier alpha value is -0.870. The Morgan fingerprint density at radius 1 is 1.40 bits per heavy atom. The van der Waals surface area contributed by atoms with Gasteiger partial charge in [-0.15, -0.1) is 11.3 Å². The molecule has 2 atom stereocenters. The summed E-state index contributed by atoms with van der Waals surface area (Å²) < 4.78 is 0. The molecular weight excluding hydrogens is 270 g/mol. The summed E-state index contributed by atoms with van der Waals surface area (Å²) in [4.78, 5) is 16.2. The first-order chi connectivity index (χ1) is 9.57. The summed E-state index contributed by atoms with van der Waals surface area (Å²) in [5.74, 6) is 0.343. The van der Waals surface area contributed by atoms with Gasteiger partial charge in [-0.05, 0) is 62.5 Å². The second-order valence-electron chi connectivity index (χ2n) is 6.42. The van der Waals surface area contributed by atoms with Crippen LogP contribution >= 0.6 is 11.3 Å². The molecule has 1 aliphatic heterocycles. The highest BCUT2D eigenvalue weighted by atomic mass is 32.1. The quantitative estimate of drug-likeness (QED) is 0.865. The number of hydrogen-bond donors (Lipinski definition) is 1. The van der Waals surface area contributed by atoms with E-state index in [0.29, 0.717) is 13.0 Å². The number of carbonyl (C=O) groups excluding carboxylic acids is 1. The van der Waals surface area contributed by atoms with E-state index in [1.807, 2.05) is 11.8 Å². The molecule has 0 bridgehead atoms. The molecule has 1 aromatic rings. The molecule has 0 radical (unpaired) electrons. The number of amides is 1. The maximum Gasteiger partial charge on any atom is 0.230 e. The minimum absolute atomic E-state index is 0.0630. The number of rotatable bonds is 1. The van der Waals surface area contributed by atoms with Crippen LogP contribution in [0.5, 0.6) is 0 Å². The zero-order valence-electron chi connectivity index (χ0n) is 12.1. The van der Waals surface area contributed by atoms with Gasteiger partial charge in [-0.2, -0.15) is 0 Å². The smallest absolute Gasteiger partial charge is 0.230 e. The Balaban J connectivity index is 1.74. The fourth-order valence-electron chi connectivity index (χ4n) is 3.45. The largest absolute Gasteiger partial charge is 0.390 e. The van der Waals surface area contributed by atoms with Crippen LogP contribution in [0.15, 0.2) is 11.4 Å². The molecule has 1 saturated heterocycles.